The van der Waals surface area contributed by atoms with Gasteiger partial charge < -0.3 is 10.2 Å². The van der Waals surface area contributed by atoms with Gasteiger partial charge in [0.2, 0.25) is 11.8 Å². The monoisotopic (exact) mass is 390 g/mol. The van der Waals surface area contributed by atoms with Crippen molar-refractivity contribution in [3.8, 4) is 0 Å². The molecule has 1 N–H and O–H groups in total. The van der Waals surface area contributed by atoms with Crippen molar-refractivity contribution in [3.05, 3.63) is 21.9 Å². The van der Waals surface area contributed by atoms with E-state index < -0.39 is 0 Å². The van der Waals surface area contributed by atoms with Gasteiger partial charge in [-0.2, -0.15) is 0 Å². The molecule has 2 aliphatic heterocycles. The maximum atomic E-state index is 13.0. The highest BCUT2D eigenvalue weighted by atomic mass is 32.1. The van der Waals surface area contributed by atoms with Gasteiger partial charge in [-0.1, -0.05) is 0 Å². The van der Waals surface area contributed by atoms with Crippen LogP contribution in [-0.2, 0) is 22.6 Å². The van der Waals surface area contributed by atoms with Crippen molar-refractivity contribution in [1.29, 1.82) is 0 Å². The Balaban J connectivity index is 1.27. The van der Waals surface area contributed by atoms with E-state index in [9.17, 15) is 9.59 Å². The third-order valence-electron chi connectivity index (χ3n) is 6.22. The molecule has 0 bridgehead atoms. The zero-order valence-electron chi connectivity index (χ0n) is 16.3. The largest absolute Gasteiger partial charge is 0.352 e. The lowest BCUT2D eigenvalue weighted by atomic mass is 10.1. The second-order valence-corrected chi connectivity index (χ2v) is 9.09. The Morgan fingerprint density at radius 3 is 2.41 bits per heavy atom. The van der Waals surface area contributed by atoms with Crippen molar-refractivity contribution >= 4 is 23.2 Å². The van der Waals surface area contributed by atoms with Crippen LogP contribution in [0.3, 0.4) is 0 Å². The fourth-order valence-corrected chi connectivity index (χ4v) is 4.97. The zero-order valence-corrected chi connectivity index (χ0v) is 17.1. The highest BCUT2D eigenvalue weighted by Gasteiger charge is 2.33. The number of nitrogens with zero attached hydrogens (tertiary/aromatic N) is 3. The average Bonchev–Trinajstić information content (AvgIpc) is 3.38. The first-order chi connectivity index (χ1) is 13.0. The lowest BCUT2D eigenvalue weighted by molar-refractivity contribution is -0.139. The second-order valence-electron chi connectivity index (χ2n) is 8.09. The molecule has 0 aromatic carbocycles. The standard InChI is InChI=1S/C20H30N4O2S/c1-14(19(25)21-17-3-4-17)22-8-10-23(11-9-22)15(2)20(26)24-7-5-18-16(13-24)6-12-27-18/h6,12,14-15,17H,3-5,7-11,13H2,1-2H3,(H,21,25). The van der Waals surface area contributed by atoms with E-state index in [1.54, 1.807) is 11.3 Å². The molecule has 2 fully saturated rings. The number of rotatable bonds is 5. The number of hydrogen-bond acceptors (Lipinski definition) is 5. The predicted molar refractivity (Wildman–Crippen MR) is 107 cm³/mol. The third-order valence-corrected chi connectivity index (χ3v) is 7.25. The van der Waals surface area contributed by atoms with Crippen LogP contribution in [0, 0.1) is 0 Å². The van der Waals surface area contributed by atoms with Crippen LogP contribution in [0.1, 0.15) is 37.1 Å². The van der Waals surface area contributed by atoms with Gasteiger partial charge in [-0.25, -0.2) is 0 Å². The molecule has 2 unspecified atom stereocenters. The number of carbonyl (C=O) groups is 2. The molecule has 1 aromatic heterocycles. The van der Waals surface area contributed by atoms with Gasteiger partial charge in [0, 0.05) is 50.2 Å². The molecule has 6 nitrogen and oxygen atoms in total. The summed E-state index contributed by atoms with van der Waals surface area (Å²) in [6, 6.07) is 2.38. The molecule has 2 atom stereocenters. The summed E-state index contributed by atoms with van der Waals surface area (Å²) < 4.78 is 0. The first kappa shape index (κ1) is 18.9. The van der Waals surface area contributed by atoms with Crippen LogP contribution in [0.15, 0.2) is 11.4 Å². The van der Waals surface area contributed by atoms with Crippen molar-refractivity contribution < 1.29 is 9.59 Å². The summed E-state index contributed by atoms with van der Waals surface area (Å²) in [4.78, 5) is 33.2. The fraction of sp³-hybridized carbons (Fsp3) is 0.700. The van der Waals surface area contributed by atoms with Crippen molar-refractivity contribution in [3.63, 3.8) is 0 Å². The summed E-state index contributed by atoms with van der Waals surface area (Å²) in [6.45, 7) is 8.96. The first-order valence-corrected chi connectivity index (χ1v) is 11.0. The molecule has 1 aliphatic carbocycles. The van der Waals surface area contributed by atoms with E-state index in [1.807, 2.05) is 18.7 Å². The van der Waals surface area contributed by atoms with Crippen LogP contribution in [-0.4, -0.2) is 77.4 Å². The van der Waals surface area contributed by atoms with Crippen LogP contribution >= 0.6 is 11.3 Å². The van der Waals surface area contributed by atoms with E-state index in [1.165, 1.54) is 10.4 Å². The SMILES string of the molecule is CC(C(=O)NC1CC1)N1CCN(C(C)C(=O)N2CCc3sccc3C2)CC1. The Labute approximate surface area is 165 Å². The van der Waals surface area contributed by atoms with Crippen LogP contribution in [0.4, 0.5) is 0 Å². The highest BCUT2D eigenvalue weighted by Crippen LogP contribution is 2.25. The quantitative estimate of drug-likeness (QED) is 0.824. The van der Waals surface area contributed by atoms with Gasteiger partial charge in [0.1, 0.15) is 0 Å². The Kier molecular flexibility index (Phi) is 5.53. The molecule has 0 radical (unpaired) electrons. The highest BCUT2D eigenvalue weighted by molar-refractivity contribution is 7.10. The number of piperazine rings is 1. The lowest BCUT2D eigenvalue weighted by Crippen LogP contribution is -2.58. The smallest absolute Gasteiger partial charge is 0.239 e. The van der Waals surface area contributed by atoms with E-state index in [0.717, 1.165) is 58.5 Å². The van der Waals surface area contributed by atoms with Crippen molar-refractivity contribution in [1.82, 2.24) is 20.0 Å². The number of nitrogens with one attached hydrogen (secondary N) is 1. The molecule has 27 heavy (non-hydrogen) atoms. The Morgan fingerprint density at radius 2 is 1.74 bits per heavy atom. The topological polar surface area (TPSA) is 55.9 Å². The molecule has 0 spiro atoms. The van der Waals surface area contributed by atoms with E-state index in [0.29, 0.717) is 6.04 Å². The Morgan fingerprint density at radius 1 is 1.07 bits per heavy atom. The zero-order chi connectivity index (χ0) is 19.0. The van der Waals surface area contributed by atoms with E-state index in [2.05, 4.69) is 26.6 Å². The molecule has 7 heteroatoms. The Hall–Kier alpha value is -1.44. The predicted octanol–water partition coefficient (Wildman–Crippen LogP) is 1.31. The molecular formula is C20H30N4O2S. The molecule has 1 saturated carbocycles. The fourth-order valence-electron chi connectivity index (χ4n) is 4.08. The third kappa shape index (κ3) is 4.20. The molecule has 3 heterocycles. The number of carbonyl (C=O) groups excluding carboxylic acids is 2. The number of amides is 2. The summed E-state index contributed by atoms with van der Waals surface area (Å²) in [5.41, 5.74) is 1.31. The van der Waals surface area contributed by atoms with E-state index >= 15 is 0 Å². The maximum absolute atomic E-state index is 13.0. The van der Waals surface area contributed by atoms with Crippen LogP contribution in [0.25, 0.3) is 0 Å². The molecule has 1 aromatic rings. The molecule has 3 aliphatic rings. The maximum Gasteiger partial charge on any atom is 0.239 e. The molecule has 2 amide bonds. The minimum atomic E-state index is -0.0945. The van der Waals surface area contributed by atoms with E-state index in [4.69, 9.17) is 0 Å². The Bertz CT molecular complexity index is 694. The lowest BCUT2D eigenvalue weighted by Gasteiger charge is -2.41. The van der Waals surface area contributed by atoms with E-state index in [-0.39, 0.29) is 23.9 Å². The van der Waals surface area contributed by atoms with Gasteiger partial charge in [0.05, 0.1) is 12.1 Å². The number of fused-ring (bicyclic) bond motifs is 1. The van der Waals surface area contributed by atoms with Crippen LogP contribution in [0.5, 0.6) is 0 Å². The minimum absolute atomic E-state index is 0.0853. The van der Waals surface area contributed by atoms with Crippen molar-refractivity contribution in [2.75, 3.05) is 32.7 Å². The summed E-state index contributed by atoms with van der Waals surface area (Å²) >= 11 is 1.80. The minimum Gasteiger partial charge on any atom is -0.352 e. The summed E-state index contributed by atoms with van der Waals surface area (Å²) in [7, 11) is 0. The molecule has 148 valence electrons. The summed E-state index contributed by atoms with van der Waals surface area (Å²) in [5, 5.41) is 5.22. The number of hydrogen-bond donors (Lipinski definition) is 1. The van der Waals surface area contributed by atoms with Gasteiger partial charge in [0.15, 0.2) is 0 Å². The van der Waals surface area contributed by atoms with Gasteiger partial charge >= 0.3 is 0 Å². The number of thiophene rings is 1. The second kappa shape index (κ2) is 7.89. The summed E-state index contributed by atoms with van der Waals surface area (Å²) in [5.74, 6) is 0.384. The first-order valence-electron chi connectivity index (χ1n) is 10.2. The van der Waals surface area contributed by atoms with Gasteiger partial charge in [-0.05, 0) is 50.1 Å². The average molecular weight is 391 g/mol. The van der Waals surface area contributed by atoms with Gasteiger partial charge in [0.25, 0.3) is 0 Å². The van der Waals surface area contributed by atoms with Crippen LogP contribution < -0.4 is 5.32 Å². The summed E-state index contributed by atoms with van der Waals surface area (Å²) in [6.07, 6.45) is 3.22. The molecule has 4 rings (SSSR count). The molecular weight excluding hydrogens is 360 g/mol. The van der Waals surface area contributed by atoms with Crippen molar-refractivity contribution in [2.24, 2.45) is 0 Å². The van der Waals surface area contributed by atoms with Crippen LogP contribution in [0.2, 0.25) is 0 Å². The van der Waals surface area contributed by atoms with Gasteiger partial charge in [-0.3, -0.25) is 19.4 Å². The normalized spacial score (nSPS) is 23.6. The van der Waals surface area contributed by atoms with Crippen molar-refractivity contribution in [2.45, 2.75) is 57.8 Å². The van der Waals surface area contributed by atoms with Gasteiger partial charge in [-0.15, -0.1) is 11.3 Å². The molecule has 1 saturated heterocycles.